The van der Waals surface area contributed by atoms with E-state index in [-0.39, 0.29) is 0 Å². The zero-order chi connectivity index (χ0) is 13.7. The molecule has 0 unspecified atom stereocenters. The van der Waals surface area contributed by atoms with E-state index in [0.29, 0.717) is 0 Å². The smallest absolute Gasteiger partial charge is 0.141 e. The van der Waals surface area contributed by atoms with Crippen molar-refractivity contribution >= 4 is 33.1 Å². The molecule has 1 aromatic carbocycles. The van der Waals surface area contributed by atoms with Crippen LogP contribution in [0.4, 0.5) is 11.5 Å². The lowest BCUT2D eigenvalue weighted by atomic mass is 10.1. The van der Waals surface area contributed by atoms with Crippen LogP contribution in [0, 0.1) is 6.92 Å². The Balaban J connectivity index is 1.79. The van der Waals surface area contributed by atoms with E-state index in [9.17, 15) is 0 Å². The number of aromatic nitrogens is 2. The number of nitrogens with zero attached hydrogens (tertiary/aromatic N) is 3. The fourth-order valence-corrected chi connectivity index (χ4v) is 3.62. The molecule has 2 aromatic heterocycles. The van der Waals surface area contributed by atoms with E-state index in [2.05, 4.69) is 40.0 Å². The summed E-state index contributed by atoms with van der Waals surface area (Å²) in [4.78, 5) is 13.5. The molecular weight excluding hydrogens is 268 g/mol. The maximum absolute atomic E-state index is 5.87. The molecule has 0 atom stereocenters. The van der Waals surface area contributed by atoms with Crippen molar-refractivity contribution < 1.29 is 0 Å². The standard InChI is InChI=1S/C15H14N4S/c1-9-4-13-14(17-8-18-15(13)20-9)19-6-10-2-3-12(16)5-11(10)7-19/h2-5,8H,6-7,16H2,1H3. The summed E-state index contributed by atoms with van der Waals surface area (Å²) in [6.07, 6.45) is 1.66. The number of nitrogen functional groups attached to an aromatic ring is 1. The minimum Gasteiger partial charge on any atom is -0.399 e. The van der Waals surface area contributed by atoms with Crippen molar-refractivity contribution in [3.63, 3.8) is 0 Å². The molecule has 0 amide bonds. The van der Waals surface area contributed by atoms with Gasteiger partial charge in [-0.05, 0) is 36.2 Å². The molecule has 3 heterocycles. The van der Waals surface area contributed by atoms with Gasteiger partial charge in [0.05, 0.1) is 5.39 Å². The van der Waals surface area contributed by atoms with Crippen molar-refractivity contribution in [1.82, 2.24) is 9.97 Å². The van der Waals surface area contributed by atoms with E-state index in [1.54, 1.807) is 17.7 Å². The van der Waals surface area contributed by atoms with Crippen molar-refractivity contribution in [2.24, 2.45) is 0 Å². The molecule has 20 heavy (non-hydrogen) atoms. The van der Waals surface area contributed by atoms with Gasteiger partial charge in [-0.15, -0.1) is 11.3 Å². The maximum atomic E-state index is 5.87. The molecule has 0 bridgehead atoms. The minimum atomic E-state index is 0.824. The van der Waals surface area contributed by atoms with Gasteiger partial charge in [0.2, 0.25) is 0 Å². The van der Waals surface area contributed by atoms with Crippen molar-refractivity contribution in [2.45, 2.75) is 20.0 Å². The van der Waals surface area contributed by atoms with Crippen LogP contribution in [0.2, 0.25) is 0 Å². The van der Waals surface area contributed by atoms with E-state index < -0.39 is 0 Å². The van der Waals surface area contributed by atoms with Crippen LogP contribution in [0.3, 0.4) is 0 Å². The number of aryl methyl sites for hydroxylation is 1. The molecule has 0 spiro atoms. The van der Waals surface area contributed by atoms with Crippen LogP contribution in [0.5, 0.6) is 0 Å². The number of rotatable bonds is 1. The lowest BCUT2D eigenvalue weighted by Crippen LogP contribution is -2.16. The van der Waals surface area contributed by atoms with Crippen LogP contribution in [0.25, 0.3) is 10.2 Å². The Morgan fingerprint density at radius 3 is 2.90 bits per heavy atom. The van der Waals surface area contributed by atoms with E-state index in [4.69, 9.17) is 5.73 Å². The monoisotopic (exact) mass is 282 g/mol. The van der Waals surface area contributed by atoms with Crippen molar-refractivity contribution in [3.8, 4) is 0 Å². The Labute approximate surface area is 120 Å². The number of anilines is 2. The van der Waals surface area contributed by atoms with Crippen LogP contribution < -0.4 is 10.6 Å². The normalized spacial score (nSPS) is 13.9. The summed E-state index contributed by atoms with van der Waals surface area (Å²) < 4.78 is 0. The average molecular weight is 282 g/mol. The van der Waals surface area contributed by atoms with Crippen LogP contribution in [-0.2, 0) is 13.1 Å². The van der Waals surface area contributed by atoms with E-state index >= 15 is 0 Å². The summed E-state index contributed by atoms with van der Waals surface area (Å²) in [5, 5.41) is 1.15. The van der Waals surface area contributed by atoms with E-state index in [0.717, 1.165) is 34.8 Å². The quantitative estimate of drug-likeness (QED) is 0.697. The third kappa shape index (κ3) is 1.74. The van der Waals surface area contributed by atoms with Gasteiger partial charge < -0.3 is 10.6 Å². The summed E-state index contributed by atoms with van der Waals surface area (Å²) in [7, 11) is 0. The molecule has 1 aliphatic heterocycles. The van der Waals surface area contributed by atoms with Gasteiger partial charge in [0.25, 0.3) is 0 Å². The van der Waals surface area contributed by atoms with Gasteiger partial charge in [-0.1, -0.05) is 6.07 Å². The third-order valence-corrected chi connectivity index (χ3v) is 4.64. The lowest BCUT2D eigenvalue weighted by Gasteiger charge is -2.16. The zero-order valence-electron chi connectivity index (χ0n) is 11.1. The fourth-order valence-electron chi connectivity index (χ4n) is 2.78. The van der Waals surface area contributed by atoms with Crippen LogP contribution in [0.15, 0.2) is 30.6 Å². The summed E-state index contributed by atoms with van der Waals surface area (Å²) in [5.74, 6) is 1.02. The predicted octanol–water partition coefficient (Wildman–Crippen LogP) is 3.10. The molecule has 5 heteroatoms. The van der Waals surface area contributed by atoms with Gasteiger partial charge in [-0.25, -0.2) is 9.97 Å². The Morgan fingerprint density at radius 1 is 1.15 bits per heavy atom. The topological polar surface area (TPSA) is 55.0 Å². The van der Waals surface area contributed by atoms with E-state index in [1.165, 1.54) is 16.0 Å². The van der Waals surface area contributed by atoms with Gasteiger partial charge in [0.1, 0.15) is 17.0 Å². The highest BCUT2D eigenvalue weighted by Gasteiger charge is 2.22. The molecule has 0 aliphatic carbocycles. The molecular formula is C15H14N4S. The second-order valence-corrected chi connectivity index (χ2v) is 6.39. The highest BCUT2D eigenvalue weighted by molar-refractivity contribution is 7.18. The first kappa shape index (κ1) is 11.7. The molecule has 0 saturated carbocycles. The second kappa shape index (κ2) is 4.18. The second-order valence-electron chi connectivity index (χ2n) is 5.16. The molecule has 4 nitrogen and oxygen atoms in total. The molecule has 4 rings (SSSR count). The highest BCUT2D eigenvalue weighted by atomic mass is 32.1. The van der Waals surface area contributed by atoms with E-state index in [1.807, 2.05) is 6.07 Å². The molecule has 0 radical (unpaired) electrons. The Kier molecular flexibility index (Phi) is 2.44. The minimum absolute atomic E-state index is 0.824. The highest BCUT2D eigenvalue weighted by Crippen LogP contribution is 2.34. The predicted molar refractivity (Wildman–Crippen MR) is 82.9 cm³/mol. The Bertz CT molecular complexity index is 809. The molecule has 100 valence electrons. The van der Waals surface area contributed by atoms with Gasteiger partial charge in [-0.2, -0.15) is 0 Å². The summed E-state index contributed by atoms with van der Waals surface area (Å²) >= 11 is 1.71. The Morgan fingerprint density at radius 2 is 2.00 bits per heavy atom. The maximum Gasteiger partial charge on any atom is 0.141 e. The number of hydrogen-bond donors (Lipinski definition) is 1. The van der Waals surface area contributed by atoms with Crippen LogP contribution in [-0.4, -0.2) is 9.97 Å². The summed E-state index contributed by atoms with van der Waals surface area (Å²) in [6.45, 7) is 3.85. The van der Waals surface area contributed by atoms with Gasteiger partial charge in [0.15, 0.2) is 0 Å². The number of thiophene rings is 1. The lowest BCUT2D eigenvalue weighted by molar-refractivity contribution is 0.860. The van der Waals surface area contributed by atoms with Gasteiger partial charge >= 0.3 is 0 Å². The largest absolute Gasteiger partial charge is 0.399 e. The zero-order valence-corrected chi connectivity index (χ0v) is 11.9. The first-order valence-corrected chi connectivity index (χ1v) is 7.36. The number of nitrogens with two attached hydrogens (primary N) is 1. The summed E-state index contributed by atoms with van der Waals surface area (Å²) in [5.41, 5.74) is 9.32. The summed E-state index contributed by atoms with van der Waals surface area (Å²) in [6, 6.07) is 8.31. The molecule has 3 aromatic rings. The van der Waals surface area contributed by atoms with Crippen LogP contribution in [0.1, 0.15) is 16.0 Å². The van der Waals surface area contributed by atoms with Gasteiger partial charge in [0, 0.05) is 23.7 Å². The van der Waals surface area contributed by atoms with Crippen molar-refractivity contribution in [1.29, 1.82) is 0 Å². The molecule has 0 fully saturated rings. The SMILES string of the molecule is Cc1cc2c(N3Cc4ccc(N)cc4C3)ncnc2s1. The molecule has 0 saturated heterocycles. The number of fused-ring (bicyclic) bond motifs is 2. The third-order valence-electron chi connectivity index (χ3n) is 3.68. The van der Waals surface area contributed by atoms with Gasteiger partial charge in [-0.3, -0.25) is 0 Å². The first-order valence-electron chi connectivity index (χ1n) is 6.54. The molecule has 1 aliphatic rings. The number of hydrogen-bond acceptors (Lipinski definition) is 5. The number of benzene rings is 1. The fraction of sp³-hybridized carbons (Fsp3) is 0.200. The van der Waals surface area contributed by atoms with Crippen molar-refractivity contribution in [2.75, 3.05) is 10.6 Å². The Hall–Kier alpha value is -2.14. The van der Waals surface area contributed by atoms with Crippen LogP contribution >= 0.6 is 11.3 Å². The first-order chi connectivity index (χ1) is 9.70. The average Bonchev–Trinajstić information content (AvgIpc) is 2.99. The van der Waals surface area contributed by atoms with Crippen molar-refractivity contribution in [3.05, 3.63) is 46.6 Å². The molecule has 2 N–H and O–H groups in total.